The summed E-state index contributed by atoms with van der Waals surface area (Å²) in [4.78, 5) is 16.0. The zero-order chi connectivity index (χ0) is 25.7. The molecule has 0 aliphatic carbocycles. The van der Waals surface area contributed by atoms with Crippen LogP contribution in [0.4, 0.5) is 30.4 Å². The van der Waals surface area contributed by atoms with Gasteiger partial charge in [-0.3, -0.25) is 0 Å². The van der Waals surface area contributed by atoms with Gasteiger partial charge < -0.3 is 15.3 Å². The van der Waals surface area contributed by atoms with Crippen LogP contribution in [0.3, 0.4) is 0 Å². The Morgan fingerprint density at radius 1 is 1.00 bits per heavy atom. The van der Waals surface area contributed by atoms with Crippen molar-refractivity contribution in [3.05, 3.63) is 72.3 Å². The van der Waals surface area contributed by atoms with E-state index in [1.165, 1.54) is 0 Å². The summed E-state index contributed by atoms with van der Waals surface area (Å²) >= 11 is 0. The first-order valence-corrected chi connectivity index (χ1v) is 11.2. The van der Waals surface area contributed by atoms with E-state index in [0.717, 1.165) is 60.3 Å². The van der Waals surface area contributed by atoms with Gasteiger partial charge in [0.05, 0.1) is 17.6 Å². The van der Waals surface area contributed by atoms with Gasteiger partial charge in [0.2, 0.25) is 0 Å². The van der Waals surface area contributed by atoms with Crippen molar-refractivity contribution < 1.29 is 23.1 Å². The molecule has 188 valence electrons. The van der Waals surface area contributed by atoms with Gasteiger partial charge in [-0.15, -0.1) is 5.10 Å². The van der Waals surface area contributed by atoms with Gasteiger partial charge in [-0.05, 0) is 56.2 Å². The molecule has 12 heteroatoms. The summed E-state index contributed by atoms with van der Waals surface area (Å²) < 4.78 is 33.6. The number of aromatic nitrogens is 5. The first-order valence-electron chi connectivity index (χ1n) is 11.2. The molecular weight excluding hydrogens is 475 g/mol. The smallest absolute Gasteiger partial charge is 0.475 e. The quantitative estimate of drug-likeness (QED) is 0.420. The van der Waals surface area contributed by atoms with Gasteiger partial charge in [0.15, 0.2) is 17.3 Å². The third-order valence-corrected chi connectivity index (χ3v) is 5.62. The molecule has 1 aliphatic heterocycles. The first kappa shape index (κ1) is 24.9. The number of piperidine rings is 1. The monoisotopic (exact) mass is 499 g/mol. The molecule has 5 rings (SSSR count). The summed E-state index contributed by atoms with van der Waals surface area (Å²) in [5.41, 5.74) is 3.87. The van der Waals surface area contributed by atoms with Crippen molar-refractivity contribution in [3.8, 4) is 0 Å². The summed E-state index contributed by atoms with van der Waals surface area (Å²) in [6.45, 7) is 3.84. The van der Waals surface area contributed by atoms with Crippen molar-refractivity contribution in [2.75, 3.05) is 23.3 Å². The van der Waals surface area contributed by atoms with Crippen LogP contribution in [0.15, 0.2) is 60.8 Å². The molecule has 1 aromatic carbocycles. The highest BCUT2D eigenvalue weighted by atomic mass is 19.4. The second-order valence-corrected chi connectivity index (χ2v) is 8.28. The number of nitrogens with one attached hydrogen (secondary N) is 1. The van der Waals surface area contributed by atoms with Crippen LogP contribution < -0.4 is 10.2 Å². The van der Waals surface area contributed by atoms with Crippen LogP contribution in [0.2, 0.25) is 0 Å². The van der Waals surface area contributed by atoms with Crippen LogP contribution in [-0.4, -0.2) is 55.1 Å². The van der Waals surface area contributed by atoms with E-state index >= 15 is 0 Å². The molecule has 0 saturated carbocycles. The zero-order valence-electron chi connectivity index (χ0n) is 19.4. The molecule has 3 aromatic heterocycles. The zero-order valence-corrected chi connectivity index (χ0v) is 19.4. The Kier molecular flexibility index (Phi) is 7.32. The number of benzene rings is 1. The van der Waals surface area contributed by atoms with Crippen molar-refractivity contribution in [3.63, 3.8) is 0 Å². The Labute approximate surface area is 204 Å². The number of rotatable bonds is 4. The Morgan fingerprint density at radius 2 is 1.69 bits per heavy atom. The van der Waals surface area contributed by atoms with E-state index in [9.17, 15) is 13.2 Å². The number of carbonyl (C=O) groups is 1. The largest absolute Gasteiger partial charge is 0.490 e. The number of hydrogen-bond acceptors (Lipinski definition) is 7. The fourth-order valence-corrected chi connectivity index (χ4v) is 3.76. The highest BCUT2D eigenvalue weighted by Gasteiger charge is 2.38. The third-order valence-electron chi connectivity index (χ3n) is 5.62. The van der Waals surface area contributed by atoms with Gasteiger partial charge in [0.1, 0.15) is 0 Å². The second kappa shape index (κ2) is 10.6. The van der Waals surface area contributed by atoms with E-state index in [2.05, 4.69) is 20.4 Å². The number of pyridine rings is 1. The van der Waals surface area contributed by atoms with Crippen LogP contribution in [0.5, 0.6) is 0 Å². The molecule has 4 heterocycles. The van der Waals surface area contributed by atoms with Crippen molar-refractivity contribution in [1.82, 2.24) is 24.8 Å². The molecule has 9 nitrogen and oxygen atoms in total. The number of nitrogens with zero attached hydrogens (tertiary/aromatic N) is 6. The molecule has 0 spiro atoms. The highest BCUT2D eigenvalue weighted by molar-refractivity contribution is 5.73. The standard InChI is InChI=1S/C22H23N7.C2HF3O2/c1-16-7-9-21(26-25-16)28-13-11-17(12-14-28)22-24-20-10-8-19(15-29(20)27-22)23-18-5-3-2-4-6-18;3-2(4,5)1(6)7/h2-10,15,17,23H,11-14H2,1H3;(H,6,7). The number of anilines is 3. The number of hydrogen-bond donors (Lipinski definition) is 2. The summed E-state index contributed by atoms with van der Waals surface area (Å²) in [7, 11) is 0. The lowest BCUT2D eigenvalue weighted by molar-refractivity contribution is -0.192. The molecule has 0 atom stereocenters. The van der Waals surface area contributed by atoms with Crippen LogP contribution in [-0.2, 0) is 4.79 Å². The number of aryl methyl sites for hydroxylation is 1. The number of fused-ring (bicyclic) bond motifs is 1. The van der Waals surface area contributed by atoms with Crippen molar-refractivity contribution in [2.45, 2.75) is 31.9 Å². The number of carboxylic acid groups (broad SMARTS) is 1. The highest BCUT2D eigenvalue weighted by Crippen LogP contribution is 2.28. The fraction of sp³-hybridized carbons (Fsp3) is 0.292. The van der Waals surface area contributed by atoms with E-state index in [0.29, 0.717) is 5.92 Å². The fourth-order valence-electron chi connectivity index (χ4n) is 3.76. The molecule has 0 unspecified atom stereocenters. The number of halogens is 3. The van der Waals surface area contributed by atoms with Crippen LogP contribution in [0.1, 0.15) is 30.3 Å². The predicted molar refractivity (Wildman–Crippen MR) is 127 cm³/mol. The molecule has 36 heavy (non-hydrogen) atoms. The van der Waals surface area contributed by atoms with E-state index in [-0.39, 0.29) is 0 Å². The Hall–Kier alpha value is -4.22. The molecular formula is C24H24F3N7O2. The van der Waals surface area contributed by atoms with Gasteiger partial charge in [0.25, 0.3) is 0 Å². The summed E-state index contributed by atoms with van der Waals surface area (Å²) in [5.74, 6) is -0.507. The molecule has 2 N–H and O–H groups in total. The lowest BCUT2D eigenvalue weighted by Crippen LogP contribution is -2.34. The summed E-state index contributed by atoms with van der Waals surface area (Å²) in [5, 5.41) is 23.8. The molecule has 0 bridgehead atoms. The van der Waals surface area contributed by atoms with E-state index in [1.54, 1.807) is 0 Å². The molecule has 0 amide bonds. The van der Waals surface area contributed by atoms with Crippen molar-refractivity contribution >= 4 is 28.8 Å². The average Bonchev–Trinajstić information content (AvgIpc) is 3.29. The topological polar surface area (TPSA) is 109 Å². The molecule has 0 radical (unpaired) electrons. The van der Waals surface area contributed by atoms with Crippen molar-refractivity contribution in [1.29, 1.82) is 0 Å². The number of carboxylic acids is 1. The minimum absolute atomic E-state index is 0.370. The Morgan fingerprint density at radius 3 is 2.31 bits per heavy atom. The van der Waals surface area contributed by atoms with Gasteiger partial charge >= 0.3 is 12.1 Å². The van der Waals surface area contributed by atoms with Gasteiger partial charge in [-0.2, -0.15) is 23.4 Å². The Bertz CT molecular complexity index is 1300. The maximum absolute atomic E-state index is 10.6. The maximum atomic E-state index is 10.6. The van der Waals surface area contributed by atoms with Crippen LogP contribution in [0, 0.1) is 6.92 Å². The average molecular weight is 499 g/mol. The number of alkyl halides is 3. The molecule has 1 aliphatic rings. The van der Waals surface area contributed by atoms with E-state index in [4.69, 9.17) is 20.0 Å². The Balaban J connectivity index is 0.000000384. The van der Waals surface area contributed by atoms with Crippen LogP contribution >= 0.6 is 0 Å². The summed E-state index contributed by atoms with van der Waals surface area (Å²) in [6.07, 6.45) is -1.06. The van der Waals surface area contributed by atoms with Crippen LogP contribution in [0.25, 0.3) is 5.65 Å². The summed E-state index contributed by atoms with van der Waals surface area (Å²) in [6, 6.07) is 18.2. The second-order valence-electron chi connectivity index (χ2n) is 8.28. The first-order chi connectivity index (χ1) is 17.2. The van der Waals surface area contributed by atoms with E-state index < -0.39 is 12.1 Å². The predicted octanol–water partition coefficient (Wildman–Crippen LogP) is 4.59. The molecule has 1 saturated heterocycles. The number of para-hydroxylation sites is 1. The molecule has 4 aromatic rings. The minimum atomic E-state index is -5.08. The van der Waals surface area contributed by atoms with E-state index in [1.807, 2.05) is 72.2 Å². The van der Waals surface area contributed by atoms with Gasteiger partial charge in [-0.25, -0.2) is 14.3 Å². The number of aliphatic carboxylic acids is 1. The minimum Gasteiger partial charge on any atom is -0.475 e. The third kappa shape index (κ3) is 6.26. The van der Waals surface area contributed by atoms with Crippen molar-refractivity contribution in [2.24, 2.45) is 0 Å². The lowest BCUT2D eigenvalue weighted by atomic mass is 9.96. The lowest BCUT2D eigenvalue weighted by Gasteiger charge is -2.31. The van der Waals surface area contributed by atoms with Gasteiger partial charge in [0, 0.05) is 24.7 Å². The maximum Gasteiger partial charge on any atom is 0.490 e. The SMILES string of the molecule is Cc1ccc(N2CCC(c3nc4ccc(Nc5ccccc5)cn4n3)CC2)nn1.O=C(O)C(F)(F)F. The van der Waals surface area contributed by atoms with Gasteiger partial charge in [-0.1, -0.05) is 18.2 Å². The molecule has 1 fully saturated rings. The normalized spacial score (nSPS) is 14.3.